The van der Waals surface area contributed by atoms with Crippen molar-refractivity contribution in [1.29, 1.82) is 0 Å². The molecular weight excluding hydrogens is 492 g/mol. The van der Waals surface area contributed by atoms with Crippen LogP contribution in [0.25, 0.3) is 5.76 Å². The molecule has 5 rings (SSSR count). The number of aliphatic hydroxyl groups excluding tert-OH is 1. The first kappa shape index (κ1) is 25.7. The summed E-state index contributed by atoms with van der Waals surface area (Å²) in [6, 6.07) is 24.8. The Hall–Kier alpha value is -4.91. The number of pyridine rings is 1. The summed E-state index contributed by atoms with van der Waals surface area (Å²) in [5.74, 6) is -0.398. The van der Waals surface area contributed by atoms with Crippen LogP contribution < -0.4 is 9.47 Å². The highest BCUT2D eigenvalue weighted by molar-refractivity contribution is 6.46. The van der Waals surface area contributed by atoms with Gasteiger partial charge in [-0.1, -0.05) is 48.0 Å². The topological polar surface area (TPSA) is 89.0 Å². The number of ether oxygens (including phenoxy) is 2. The highest BCUT2D eigenvalue weighted by Gasteiger charge is 2.46. The zero-order valence-electron chi connectivity index (χ0n) is 21.7. The number of ketones is 1. The zero-order valence-corrected chi connectivity index (χ0v) is 21.7. The molecule has 1 fully saturated rings. The second-order valence-corrected chi connectivity index (χ2v) is 9.36. The number of rotatable bonds is 8. The number of aryl methyl sites for hydroxylation is 1. The number of hydrogen-bond donors (Lipinski definition) is 1. The van der Waals surface area contributed by atoms with Crippen molar-refractivity contribution < 1.29 is 24.2 Å². The van der Waals surface area contributed by atoms with Crippen molar-refractivity contribution >= 4 is 17.4 Å². The lowest BCUT2D eigenvalue weighted by Gasteiger charge is -2.25. The molecule has 39 heavy (non-hydrogen) atoms. The average Bonchev–Trinajstić information content (AvgIpc) is 3.21. The summed E-state index contributed by atoms with van der Waals surface area (Å²) in [4.78, 5) is 32.1. The summed E-state index contributed by atoms with van der Waals surface area (Å²) in [6.45, 7) is 2.60. The Labute approximate surface area is 227 Å². The first-order chi connectivity index (χ1) is 18.9. The molecule has 7 heteroatoms. The number of Topliss-reactive ketones (excluding diaryl/α,β-unsaturated/α-hetero) is 1. The van der Waals surface area contributed by atoms with E-state index in [1.54, 1.807) is 74.1 Å². The summed E-state index contributed by atoms with van der Waals surface area (Å²) in [5.41, 5.74) is 4.10. The Balaban J connectivity index is 1.47. The summed E-state index contributed by atoms with van der Waals surface area (Å²) in [6.07, 6.45) is 3.30. The second-order valence-electron chi connectivity index (χ2n) is 9.36. The van der Waals surface area contributed by atoms with E-state index >= 15 is 0 Å². The van der Waals surface area contributed by atoms with Gasteiger partial charge in [0.2, 0.25) is 0 Å². The van der Waals surface area contributed by atoms with Crippen LogP contribution in [0.1, 0.15) is 33.9 Å². The fourth-order valence-corrected chi connectivity index (χ4v) is 4.70. The number of methoxy groups -OCH3 is 1. The highest BCUT2D eigenvalue weighted by atomic mass is 16.5. The maximum Gasteiger partial charge on any atom is 0.295 e. The summed E-state index contributed by atoms with van der Waals surface area (Å²) < 4.78 is 11.2. The standard InChI is InChI=1S/C32H28N2O5/c1-21-5-3-6-22(17-21)20-39-27-14-10-25(11-15-27)30(35)28-29(24-8-12-26(38-2)13-9-24)34(32(37)31(28)36)19-23-7-4-16-33-18-23/h3-18,29,35H,19-20H2,1-2H3/t29-/m0/s1. The number of nitrogens with zero attached hydrogens (tertiary/aromatic N) is 2. The second kappa shape index (κ2) is 11.2. The van der Waals surface area contributed by atoms with Crippen LogP contribution in [-0.4, -0.2) is 33.8 Å². The fourth-order valence-electron chi connectivity index (χ4n) is 4.70. The van der Waals surface area contributed by atoms with Crippen LogP contribution in [0.4, 0.5) is 0 Å². The van der Waals surface area contributed by atoms with Gasteiger partial charge in [-0.3, -0.25) is 14.6 Å². The zero-order chi connectivity index (χ0) is 27.4. The smallest absolute Gasteiger partial charge is 0.295 e. The minimum atomic E-state index is -0.784. The van der Waals surface area contributed by atoms with Gasteiger partial charge in [0.15, 0.2) is 0 Å². The van der Waals surface area contributed by atoms with Gasteiger partial charge < -0.3 is 19.5 Å². The minimum Gasteiger partial charge on any atom is -0.507 e. The van der Waals surface area contributed by atoms with Gasteiger partial charge in [0.25, 0.3) is 11.7 Å². The van der Waals surface area contributed by atoms with Crippen LogP contribution in [-0.2, 0) is 22.7 Å². The summed E-state index contributed by atoms with van der Waals surface area (Å²) in [5, 5.41) is 11.4. The third kappa shape index (κ3) is 5.52. The van der Waals surface area contributed by atoms with Gasteiger partial charge in [0.1, 0.15) is 23.9 Å². The predicted octanol–water partition coefficient (Wildman–Crippen LogP) is 5.60. The minimum absolute atomic E-state index is 0.0301. The van der Waals surface area contributed by atoms with E-state index in [0.717, 1.165) is 16.7 Å². The molecule has 0 radical (unpaired) electrons. The number of hydrogen-bond acceptors (Lipinski definition) is 6. The van der Waals surface area contributed by atoms with E-state index in [-0.39, 0.29) is 17.9 Å². The van der Waals surface area contributed by atoms with E-state index in [9.17, 15) is 14.7 Å². The van der Waals surface area contributed by atoms with Crippen molar-refractivity contribution in [3.63, 3.8) is 0 Å². The molecule has 0 unspecified atom stereocenters. The van der Waals surface area contributed by atoms with Gasteiger partial charge in [-0.05, 0) is 66.1 Å². The molecular formula is C32H28N2O5. The molecule has 1 aliphatic rings. The van der Waals surface area contributed by atoms with Gasteiger partial charge in [0, 0.05) is 24.5 Å². The maximum atomic E-state index is 13.3. The van der Waals surface area contributed by atoms with Gasteiger partial charge in [-0.15, -0.1) is 0 Å². The molecule has 196 valence electrons. The lowest BCUT2D eigenvalue weighted by molar-refractivity contribution is -0.140. The van der Waals surface area contributed by atoms with Crippen molar-refractivity contribution in [2.45, 2.75) is 26.1 Å². The molecule has 0 aliphatic carbocycles. The molecule has 0 spiro atoms. The molecule has 3 aromatic carbocycles. The van der Waals surface area contributed by atoms with E-state index in [2.05, 4.69) is 11.1 Å². The maximum absolute atomic E-state index is 13.3. The SMILES string of the molecule is COc1ccc([C@H]2C(=C(O)c3ccc(OCc4cccc(C)c4)cc3)C(=O)C(=O)N2Cc2cccnc2)cc1. The largest absolute Gasteiger partial charge is 0.507 e. The van der Waals surface area contributed by atoms with Crippen LogP contribution in [0.2, 0.25) is 0 Å². The third-order valence-electron chi connectivity index (χ3n) is 6.66. The lowest BCUT2D eigenvalue weighted by atomic mass is 9.95. The summed E-state index contributed by atoms with van der Waals surface area (Å²) in [7, 11) is 1.57. The van der Waals surface area contributed by atoms with Crippen LogP contribution >= 0.6 is 0 Å². The number of benzene rings is 3. The van der Waals surface area contributed by atoms with E-state index < -0.39 is 17.7 Å². The molecule has 0 bridgehead atoms. The highest BCUT2D eigenvalue weighted by Crippen LogP contribution is 2.40. The third-order valence-corrected chi connectivity index (χ3v) is 6.66. The van der Waals surface area contributed by atoms with Crippen LogP contribution in [0.5, 0.6) is 11.5 Å². The molecule has 1 aromatic heterocycles. The predicted molar refractivity (Wildman–Crippen MR) is 147 cm³/mol. The molecule has 4 aromatic rings. The first-order valence-corrected chi connectivity index (χ1v) is 12.5. The van der Waals surface area contributed by atoms with E-state index in [4.69, 9.17) is 9.47 Å². The van der Waals surface area contributed by atoms with Gasteiger partial charge in [0.05, 0.1) is 18.7 Å². The average molecular weight is 521 g/mol. The van der Waals surface area contributed by atoms with Gasteiger partial charge in [-0.2, -0.15) is 0 Å². The van der Waals surface area contributed by atoms with Crippen molar-refractivity contribution in [1.82, 2.24) is 9.88 Å². The number of carbonyl (C=O) groups excluding carboxylic acids is 2. The lowest BCUT2D eigenvalue weighted by Crippen LogP contribution is -2.29. The van der Waals surface area contributed by atoms with E-state index in [1.165, 1.54) is 4.90 Å². The van der Waals surface area contributed by atoms with Crippen molar-refractivity contribution in [3.8, 4) is 11.5 Å². The quantitative estimate of drug-likeness (QED) is 0.185. The fraction of sp³-hybridized carbons (Fsp3) is 0.156. The molecule has 7 nitrogen and oxygen atoms in total. The summed E-state index contributed by atoms with van der Waals surface area (Å²) >= 11 is 0. The number of aliphatic hydroxyl groups is 1. The Kier molecular flexibility index (Phi) is 7.41. The number of amides is 1. The normalized spacial score (nSPS) is 16.4. The van der Waals surface area contributed by atoms with E-state index in [1.807, 2.05) is 31.2 Å². The monoisotopic (exact) mass is 520 g/mol. The van der Waals surface area contributed by atoms with Gasteiger partial charge in [-0.25, -0.2) is 0 Å². The van der Waals surface area contributed by atoms with Gasteiger partial charge >= 0.3 is 0 Å². The van der Waals surface area contributed by atoms with Crippen LogP contribution in [0.15, 0.2) is 103 Å². The van der Waals surface area contributed by atoms with Crippen molar-refractivity contribution in [2.75, 3.05) is 7.11 Å². The van der Waals surface area contributed by atoms with Crippen LogP contribution in [0.3, 0.4) is 0 Å². The number of carbonyl (C=O) groups is 2. The Morgan fingerprint density at radius 1 is 0.923 bits per heavy atom. The van der Waals surface area contributed by atoms with Crippen molar-refractivity contribution in [2.24, 2.45) is 0 Å². The Bertz CT molecular complexity index is 1510. The molecule has 1 N–H and O–H groups in total. The van der Waals surface area contributed by atoms with E-state index in [0.29, 0.717) is 29.2 Å². The Morgan fingerprint density at radius 3 is 2.31 bits per heavy atom. The number of aromatic nitrogens is 1. The Morgan fingerprint density at radius 2 is 1.64 bits per heavy atom. The van der Waals surface area contributed by atoms with Crippen LogP contribution in [0, 0.1) is 6.92 Å². The molecule has 2 heterocycles. The van der Waals surface area contributed by atoms with Crippen molar-refractivity contribution in [3.05, 3.63) is 131 Å². The molecule has 1 amide bonds. The molecule has 1 saturated heterocycles. The number of likely N-dealkylation sites (tertiary alicyclic amines) is 1. The molecule has 1 atom stereocenters. The molecule has 0 saturated carbocycles. The molecule has 1 aliphatic heterocycles. The first-order valence-electron chi connectivity index (χ1n) is 12.5.